The number of benzene rings is 2. The molecule has 0 amide bonds. The molecule has 0 saturated heterocycles. The van der Waals surface area contributed by atoms with Crippen LogP contribution in [0.1, 0.15) is 27.1 Å². The van der Waals surface area contributed by atoms with Crippen LogP contribution in [-0.4, -0.2) is 25.2 Å². The molecule has 0 aromatic heterocycles. The number of hydrogen-bond acceptors (Lipinski definition) is 6. The number of ether oxygens (including phenoxy) is 2. The highest BCUT2D eigenvalue weighted by atomic mass is 16.5. The maximum absolute atomic E-state index is 11.8. The first-order valence-electron chi connectivity index (χ1n) is 7.78. The minimum atomic E-state index is -0.526. The van der Waals surface area contributed by atoms with Crippen molar-refractivity contribution in [3.63, 3.8) is 0 Å². The van der Waals surface area contributed by atoms with Gasteiger partial charge in [0.15, 0.2) is 0 Å². The number of rotatable bonds is 8. The van der Waals surface area contributed by atoms with E-state index in [-0.39, 0.29) is 13.2 Å². The van der Waals surface area contributed by atoms with E-state index in [0.717, 1.165) is 0 Å². The highest BCUT2D eigenvalue weighted by molar-refractivity contribution is 5.90. The molecule has 2 aromatic carbocycles. The summed E-state index contributed by atoms with van der Waals surface area (Å²) < 4.78 is 10.2. The average Bonchev–Trinajstić information content (AvgIpc) is 2.69. The van der Waals surface area contributed by atoms with Gasteiger partial charge in [-0.05, 0) is 35.3 Å². The van der Waals surface area contributed by atoms with Crippen LogP contribution in [-0.2, 0) is 9.47 Å². The summed E-state index contributed by atoms with van der Waals surface area (Å²) in [5.74, 6) is -1.05. The monoisotopic (exact) mass is 366 g/mol. The summed E-state index contributed by atoms with van der Waals surface area (Å²) in [5, 5.41) is 6.82. The van der Waals surface area contributed by atoms with Gasteiger partial charge >= 0.3 is 11.9 Å². The molecule has 0 atom stereocenters. The van der Waals surface area contributed by atoms with Gasteiger partial charge in [0.25, 0.3) is 0 Å². The summed E-state index contributed by atoms with van der Waals surface area (Å²) in [6, 6.07) is 12.0. The fourth-order valence-electron chi connectivity index (χ4n) is 1.99. The van der Waals surface area contributed by atoms with Crippen LogP contribution in [0.2, 0.25) is 0 Å². The van der Waals surface area contributed by atoms with E-state index >= 15 is 0 Å². The van der Waals surface area contributed by atoms with Gasteiger partial charge in [0.05, 0.1) is 24.3 Å². The molecule has 136 valence electrons. The molecule has 10 heteroatoms. The van der Waals surface area contributed by atoms with Crippen molar-refractivity contribution < 1.29 is 19.1 Å². The molecule has 0 aliphatic carbocycles. The summed E-state index contributed by atoms with van der Waals surface area (Å²) in [6.07, 6.45) is 0.338. The third-order valence-electron chi connectivity index (χ3n) is 3.28. The van der Waals surface area contributed by atoms with Crippen LogP contribution in [0, 0.1) is 0 Å². The lowest BCUT2D eigenvalue weighted by Crippen LogP contribution is -2.11. The Bertz CT molecular complexity index is 823. The van der Waals surface area contributed by atoms with Crippen LogP contribution in [0.3, 0.4) is 0 Å². The van der Waals surface area contributed by atoms with E-state index in [9.17, 15) is 9.59 Å². The van der Waals surface area contributed by atoms with Gasteiger partial charge in [0, 0.05) is 27.6 Å². The van der Waals surface area contributed by atoms with E-state index in [4.69, 9.17) is 20.5 Å². The first kappa shape index (κ1) is 19.3. The molecule has 27 heavy (non-hydrogen) atoms. The molecule has 10 nitrogen and oxygen atoms in total. The Balaban J connectivity index is 1.71. The molecule has 0 unspecified atom stereocenters. The quantitative estimate of drug-likeness (QED) is 0.213. The maximum Gasteiger partial charge on any atom is 0.338 e. The number of carbonyl (C=O) groups excluding carboxylic acids is 2. The molecule has 0 radical (unpaired) electrons. The Kier molecular flexibility index (Phi) is 7.23. The number of nitrogens with zero attached hydrogens (tertiary/aromatic N) is 6. The topological polar surface area (TPSA) is 150 Å². The van der Waals surface area contributed by atoms with Crippen molar-refractivity contribution >= 4 is 23.3 Å². The lowest BCUT2D eigenvalue weighted by Gasteiger charge is -2.07. The van der Waals surface area contributed by atoms with Crippen molar-refractivity contribution in [2.45, 2.75) is 6.42 Å². The Labute approximate surface area is 153 Å². The van der Waals surface area contributed by atoms with Gasteiger partial charge < -0.3 is 9.47 Å². The van der Waals surface area contributed by atoms with E-state index in [1.54, 1.807) is 0 Å². The first-order chi connectivity index (χ1) is 13.1. The number of esters is 2. The van der Waals surface area contributed by atoms with Crippen LogP contribution in [0.25, 0.3) is 20.9 Å². The lowest BCUT2D eigenvalue weighted by atomic mass is 10.2. The molecule has 0 saturated carbocycles. The predicted molar refractivity (Wildman–Crippen MR) is 95.7 cm³/mol. The molecule has 0 bridgehead atoms. The van der Waals surface area contributed by atoms with Gasteiger partial charge in [0.1, 0.15) is 0 Å². The smallest absolute Gasteiger partial charge is 0.338 e. The van der Waals surface area contributed by atoms with Gasteiger partial charge in [0.2, 0.25) is 0 Å². The van der Waals surface area contributed by atoms with E-state index < -0.39 is 11.9 Å². The first-order valence-corrected chi connectivity index (χ1v) is 7.78. The van der Waals surface area contributed by atoms with Crippen LogP contribution in [0.4, 0.5) is 11.4 Å². The molecule has 0 N–H and O–H groups in total. The van der Waals surface area contributed by atoms with E-state index in [2.05, 4.69) is 20.1 Å². The Morgan fingerprint density at radius 1 is 0.741 bits per heavy atom. The van der Waals surface area contributed by atoms with Crippen molar-refractivity contribution in [3.8, 4) is 0 Å². The summed E-state index contributed by atoms with van der Waals surface area (Å²) in [7, 11) is 0. The van der Waals surface area contributed by atoms with Gasteiger partial charge in [-0.2, -0.15) is 0 Å². The molecule has 0 heterocycles. The van der Waals surface area contributed by atoms with Crippen LogP contribution >= 0.6 is 0 Å². The summed E-state index contributed by atoms with van der Waals surface area (Å²) >= 11 is 0. The van der Waals surface area contributed by atoms with Crippen molar-refractivity contribution in [3.05, 3.63) is 80.5 Å². The second-order valence-corrected chi connectivity index (χ2v) is 5.10. The predicted octanol–water partition coefficient (Wildman–Crippen LogP) is 4.97. The third-order valence-corrected chi connectivity index (χ3v) is 3.28. The molecule has 0 fully saturated rings. The molecule has 0 aliphatic rings. The number of carbonyl (C=O) groups is 2. The van der Waals surface area contributed by atoms with Crippen molar-refractivity contribution in [1.29, 1.82) is 0 Å². The van der Waals surface area contributed by atoms with Crippen LogP contribution in [0.5, 0.6) is 0 Å². The normalized spacial score (nSPS) is 9.48. The zero-order valence-corrected chi connectivity index (χ0v) is 14.1. The minimum absolute atomic E-state index is 0.0834. The largest absolute Gasteiger partial charge is 0.462 e. The summed E-state index contributed by atoms with van der Waals surface area (Å²) in [5.41, 5.74) is 18.1. The van der Waals surface area contributed by atoms with Crippen LogP contribution < -0.4 is 0 Å². The zero-order valence-electron chi connectivity index (χ0n) is 14.1. The van der Waals surface area contributed by atoms with Crippen LogP contribution in [0.15, 0.2) is 58.8 Å². The Morgan fingerprint density at radius 3 is 1.44 bits per heavy atom. The molecule has 2 rings (SSSR count). The standard InChI is InChI=1S/C17H14N6O4/c18-22-20-14-6-2-12(3-7-14)16(24)26-10-1-11-27-17(25)13-4-8-15(9-5-13)21-23-19/h2-9H,1,10-11H2. The van der Waals surface area contributed by atoms with E-state index in [1.807, 2.05) is 0 Å². The fourth-order valence-corrected chi connectivity index (χ4v) is 1.99. The summed E-state index contributed by atoms with van der Waals surface area (Å²) in [4.78, 5) is 29.0. The molecule has 0 spiro atoms. The number of hydrogen-bond donors (Lipinski definition) is 0. The second kappa shape index (κ2) is 10.1. The third kappa shape index (κ3) is 6.09. The van der Waals surface area contributed by atoms with Gasteiger partial charge in [-0.25, -0.2) is 9.59 Å². The van der Waals surface area contributed by atoms with Gasteiger partial charge in [-0.15, -0.1) is 0 Å². The molecule has 2 aromatic rings. The molecule has 0 aliphatic heterocycles. The van der Waals surface area contributed by atoms with Crippen molar-refractivity contribution in [2.75, 3.05) is 13.2 Å². The zero-order chi connectivity index (χ0) is 19.5. The van der Waals surface area contributed by atoms with Crippen molar-refractivity contribution in [1.82, 2.24) is 0 Å². The van der Waals surface area contributed by atoms with Gasteiger partial charge in [-0.3, -0.25) is 0 Å². The Morgan fingerprint density at radius 2 is 1.11 bits per heavy atom. The average molecular weight is 366 g/mol. The SMILES string of the molecule is [N-]=[N+]=Nc1ccc(C(=O)OCCCOC(=O)c2ccc(N=[N+]=[N-])cc2)cc1. The number of azide groups is 2. The molecular weight excluding hydrogens is 352 g/mol. The fraction of sp³-hybridized carbons (Fsp3) is 0.176. The highest BCUT2D eigenvalue weighted by Gasteiger charge is 2.08. The highest BCUT2D eigenvalue weighted by Crippen LogP contribution is 2.15. The maximum atomic E-state index is 11.8. The van der Waals surface area contributed by atoms with Crippen molar-refractivity contribution in [2.24, 2.45) is 10.2 Å². The lowest BCUT2D eigenvalue weighted by molar-refractivity contribution is 0.0396. The minimum Gasteiger partial charge on any atom is -0.462 e. The molecular formula is C17H14N6O4. The second-order valence-electron chi connectivity index (χ2n) is 5.10. The van der Waals surface area contributed by atoms with E-state index in [1.165, 1.54) is 48.5 Å². The Hall–Kier alpha value is -4.00. The van der Waals surface area contributed by atoms with E-state index in [0.29, 0.717) is 28.9 Å². The van der Waals surface area contributed by atoms with Gasteiger partial charge in [-0.1, -0.05) is 34.5 Å². The summed E-state index contributed by atoms with van der Waals surface area (Å²) in [6.45, 7) is 0.167.